The number of halogens is 1. The molecule has 2 aromatic rings. The van der Waals surface area contributed by atoms with E-state index >= 15 is 0 Å². The van der Waals surface area contributed by atoms with Gasteiger partial charge in [-0.15, -0.1) is 0 Å². The third-order valence-corrected chi connectivity index (χ3v) is 5.88. The van der Waals surface area contributed by atoms with E-state index in [1.807, 2.05) is 36.9 Å². The zero-order valence-electron chi connectivity index (χ0n) is 17.0. The van der Waals surface area contributed by atoms with Gasteiger partial charge in [-0.25, -0.2) is 9.29 Å². The van der Waals surface area contributed by atoms with Crippen LogP contribution in [0.3, 0.4) is 0 Å². The highest BCUT2D eigenvalue weighted by Gasteiger charge is 2.43. The second-order valence-electron chi connectivity index (χ2n) is 8.14. The summed E-state index contributed by atoms with van der Waals surface area (Å²) in [7, 11) is 0. The lowest BCUT2D eigenvalue weighted by atomic mass is 9.95. The number of carbonyl (C=O) groups excluding carboxylic acids is 2. The summed E-state index contributed by atoms with van der Waals surface area (Å²) in [6.45, 7) is 7.63. The largest absolute Gasteiger partial charge is 0.366 e. The van der Waals surface area contributed by atoms with Crippen LogP contribution >= 0.6 is 0 Å². The van der Waals surface area contributed by atoms with Crippen molar-refractivity contribution in [2.24, 2.45) is 5.92 Å². The maximum Gasteiger partial charge on any atom is 0.282 e. The first-order chi connectivity index (χ1) is 13.9. The molecular weight excluding hydrogens is 367 g/mol. The summed E-state index contributed by atoms with van der Waals surface area (Å²) in [6.07, 6.45) is 1.95. The Morgan fingerprint density at radius 2 is 1.69 bits per heavy atom. The van der Waals surface area contributed by atoms with Gasteiger partial charge in [-0.2, -0.15) is 0 Å². The van der Waals surface area contributed by atoms with Crippen LogP contribution in [0.2, 0.25) is 0 Å². The van der Waals surface area contributed by atoms with Gasteiger partial charge >= 0.3 is 0 Å². The number of imide groups is 1. The molecule has 0 atom stereocenters. The van der Waals surface area contributed by atoms with E-state index in [2.05, 4.69) is 6.92 Å². The molecule has 0 N–H and O–H groups in total. The Morgan fingerprint density at radius 1 is 0.966 bits per heavy atom. The number of nitrogens with zero attached hydrogens (tertiary/aromatic N) is 2. The number of piperidine rings is 1. The average Bonchev–Trinajstić information content (AvgIpc) is 2.93. The molecule has 150 valence electrons. The Bertz CT molecular complexity index is 1020. The standard InChI is InChI=1S/C24H25FN2O2/c1-15-9-11-26(12-10-15)22-21(20-8-7-16(2)13-17(20)3)23(28)27(24(22)29)19-6-4-5-18(25)14-19/h4-8,13-15H,9-12H2,1-3H3. The number of likely N-dealkylation sites (tertiary alicyclic amines) is 1. The molecule has 0 radical (unpaired) electrons. The Morgan fingerprint density at radius 3 is 2.34 bits per heavy atom. The lowest BCUT2D eigenvalue weighted by molar-refractivity contribution is -0.120. The Labute approximate surface area is 170 Å². The average molecular weight is 392 g/mol. The van der Waals surface area contributed by atoms with Crippen molar-refractivity contribution in [3.8, 4) is 0 Å². The number of anilines is 1. The van der Waals surface area contributed by atoms with Crippen LogP contribution in [-0.4, -0.2) is 29.8 Å². The highest BCUT2D eigenvalue weighted by atomic mass is 19.1. The van der Waals surface area contributed by atoms with E-state index in [1.54, 1.807) is 6.07 Å². The normalized spacial score (nSPS) is 18.2. The van der Waals surface area contributed by atoms with E-state index in [0.717, 1.165) is 47.5 Å². The van der Waals surface area contributed by atoms with Crippen LogP contribution in [0.15, 0.2) is 48.2 Å². The second kappa shape index (κ2) is 7.47. The molecule has 1 saturated heterocycles. The van der Waals surface area contributed by atoms with Gasteiger partial charge in [0.1, 0.15) is 11.5 Å². The molecule has 0 bridgehead atoms. The molecule has 2 aromatic carbocycles. The monoisotopic (exact) mass is 392 g/mol. The zero-order chi connectivity index (χ0) is 20.7. The summed E-state index contributed by atoms with van der Waals surface area (Å²) >= 11 is 0. The molecule has 4 rings (SSSR count). The summed E-state index contributed by atoms with van der Waals surface area (Å²) in [5, 5.41) is 0. The van der Waals surface area contributed by atoms with Gasteiger partial charge in [0, 0.05) is 13.1 Å². The topological polar surface area (TPSA) is 40.6 Å². The van der Waals surface area contributed by atoms with Gasteiger partial charge in [0.05, 0.1) is 11.3 Å². The number of amides is 2. The minimum absolute atomic E-state index is 0.266. The van der Waals surface area contributed by atoms with E-state index in [9.17, 15) is 14.0 Å². The summed E-state index contributed by atoms with van der Waals surface area (Å²) in [4.78, 5) is 30.1. The second-order valence-corrected chi connectivity index (χ2v) is 8.14. The molecule has 0 spiro atoms. The van der Waals surface area contributed by atoms with Gasteiger partial charge in [-0.3, -0.25) is 9.59 Å². The van der Waals surface area contributed by atoms with Crippen molar-refractivity contribution in [3.05, 3.63) is 70.7 Å². The minimum atomic E-state index is -0.476. The van der Waals surface area contributed by atoms with Gasteiger partial charge < -0.3 is 4.90 Å². The van der Waals surface area contributed by atoms with Crippen molar-refractivity contribution >= 4 is 23.1 Å². The molecule has 2 aliphatic heterocycles. The SMILES string of the molecule is Cc1ccc(C2=C(N3CCC(C)CC3)C(=O)N(c3cccc(F)c3)C2=O)c(C)c1. The molecule has 2 amide bonds. The van der Waals surface area contributed by atoms with Crippen molar-refractivity contribution < 1.29 is 14.0 Å². The summed E-state index contributed by atoms with van der Waals surface area (Å²) in [5.74, 6) is -0.634. The van der Waals surface area contributed by atoms with Crippen LogP contribution in [0.4, 0.5) is 10.1 Å². The fourth-order valence-corrected chi connectivity index (χ4v) is 4.23. The van der Waals surface area contributed by atoms with E-state index < -0.39 is 5.82 Å². The molecular formula is C24H25FN2O2. The molecule has 29 heavy (non-hydrogen) atoms. The molecule has 0 aliphatic carbocycles. The summed E-state index contributed by atoms with van der Waals surface area (Å²) in [6, 6.07) is 11.5. The van der Waals surface area contributed by atoms with E-state index in [4.69, 9.17) is 0 Å². The number of benzene rings is 2. The molecule has 2 aliphatic rings. The number of hydrogen-bond acceptors (Lipinski definition) is 3. The highest BCUT2D eigenvalue weighted by Crippen LogP contribution is 2.37. The van der Waals surface area contributed by atoms with Gasteiger partial charge in [-0.1, -0.05) is 36.8 Å². The Hall–Kier alpha value is -2.95. The molecule has 0 unspecified atom stereocenters. The third-order valence-electron chi connectivity index (χ3n) is 5.88. The Kier molecular flexibility index (Phi) is 4.99. The van der Waals surface area contributed by atoms with E-state index in [-0.39, 0.29) is 17.5 Å². The maximum absolute atomic E-state index is 13.8. The summed E-state index contributed by atoms with van der Waals surface area (Å²) < 4.78 is 13.8. The van der Waals surface area contributed by atoms with Crippen molar-refractivity contribution in [2.45, 2.75) is 33.6 Å². The van der Waals surface area contributed by atoms with Crippen molar-refractivity contribution in [2.75, 3.05) is 18.0 Å². The first kappa shape index (κ1) is 19.4. The van der Waals surface area contributed by atoms with E-state index in [1.165, 1.54) is 18.2 Å². The lowest BCUT2D eigenvalue weighted by Crippen LogP contribution is -2.38. The predicted octanol–water partition coefficient (Wildman–Crippen LogP) is 4.46. The minimum Gasteiger partial charge on any atom is -0.366 e. The van der Waals surface area contributed by atoms with Crippen LogP contribution in [0, 0.1) is 25.6 Å². The van der Waals surface area contributed by atoms with Crippen LogP contribution in [-0.2, 0) is 9.59 Å². The van der Waals surface area contributed by atoms with Crippen LogP contribution in [0.25, 0.3) is 5.57 Å². The fourth-order valence-electron chi connectivity index (χ4n) is 4.23. The van der Waals surface area contributed by atoms with Crippen molar-refractivity contribution in [3.63, 3.8) is 0 Å². The lowest BCUT2D eigenvalue weighted by Gasteiger charge is -2.32. The van der Waals surface area contributed by atoms with Gasteiger partial charge in [-0.05, 0) is 61.9 Å². The van der Waals surface area contributed by atoms with Crippen molar-refractivity contribution in [1.82, 2.24) is 4.90 Å². The van der Waals surface area contributed by atoms with Crippen LogP contribution in [0.5, 0.6) is 0 Å². The first-order valence-electron chi connectivity index (χ1n) is 10.1. The molecule has 4 nitrogen and oxygen atoms in total. The van der Waals surface area contributed by atoms with Crippen molar-refractivity contribution in [1.29, 1.82) is 0 Å². The number of carbonyl (C=O) groups is 2. The van der Waals surface area contributed by atoms with Gasteiger partial charge in [0.25, 0.3) is 11.8 Å². The quantitative estimate of drug-likeness (QED) is 0.724. The zero-order valence-corrected chi connectivity index (χ0v) is 17.0. The summed E-state index contributed by atoms with van der Waals surface area (Å²) in [5.41, 5.74) is 3.94. The molecule has 0 aromatic heterocycles. The number of hydrogen-bond donors (Lipinski definition) is 0. The van der Waals surface area contributed by atoms with E-state index in [0.29, 0.717) is 17.2 Å². The van der Waals surface area contributed by atoms with Gasteiger partial charge in [0.15, 0.2) is 0 Å². The van der Waals surface area contributed by atoms with Crippen LogP contribution < -0.4 is 4.90 Å². The maximum atomic E-state index is 13.8. The predicted molar refractivity (Wildman–Crippen MR) is 112 cm³/mol. The molecule has 5 heteroatoms. The highest BCUT2D eigenvalue weighted by molar-refractivity contribution is 6.45. The number of aryl methyl sites for hydroxylation is 2. The van der Waals surface area contributed by atoms with Crippen LogP contribution in [0.1, 0.15) is 36.5 Å². The smallest absolute Gasteiger partial charge is 0.282 e. The van der Waals surface area contributed by atoms with Gasteiger partial charge in [0.2, 0.25) is 0 Å². The fraction of sp³-hybridized carbons (Fsp3) is 0.333. The third kappa shape index (κ3) is 3.46. The molecule has 1 fully saturated rings. The molecule has 2 heterocycles. The first-order valence-corrected chi connectivity index (χ1v) is 10.1. The Balaban J connectivity index is 1.85. The number of rotatable bonds is 3. The molecule has 0 saturated carbocycles.